The van der Waals surface area contributed by atoms with E-state index in [0.29, 0.717) is 5.92 Å². The Labute approximate surface area is 105 Å². The fraction of sp³-hybridized carbons (Fsp3) is 0.600. The molecule has 1 fully saturated rings. The molecule has 0 radical (unpaired) electrons. The molecule has 1 aromatic carbocycles. The Morgan fingerprint density at radius 3 is 2.59 bits per heavy atom. The van der Waals surface area contributed by atoms with Crippen LogP contribution in [-0.4, -0.2) is 31.6 Å². The molecule has 0 bridgehead atoms. The number of benzene rings is 1. The van der Waals surface area contributed by atoms with Crippen LogP contribution < -0.4 is 5.73 Å². The van der Waals surface area contributed by atoms with Crippen LogP contribution in [0.2, 0.25) is 0 Å². The van der Waals surface area contributed by atoms with Crippen molar-refractivity contribution in [2.45, 2.75) is 31.6 Å². The number of piperidine rings is 1. The van der Waals surface area contributed by atoms with Gasteiger partial charge in [-0.25, -0.2) is 0 Å². The lowest BCUT2D eigenvalue weighted by Crippen LogP contribution is -2.29. The van der Waals surface area contributed by atoms with Crippen molar-refractivity contribution in [1.82, 2.24) is 4.90 Å². The molecule has 1 aliphatic heterocycles. The molecule has 2 heteroatoms. The number of hydrogen-bond acceptors (Lipinski definition) is 2. The highest BCUT2D eigenvalue weighted by atomic mass is 15.1. The quantitative estimate of drug-likeness (QED) is 0.868. The zero-order valence-corrected chi connectivity index (χ0v) is 11.0. The minimum absolute atomic E-state index is 0.478. The summed E-state index contributed by atoms with van der Waals surface area (Å²) in [7, 11) is 2.21. The van der Waals surface area contributed by atoms with Crippen molar-refractivity contribution in [2.24, 2.45) is 5.73 Å². The molecule has 0 aliphatic carbocycles. The van der Waals surface area contributed by atoms with E-state index in [1.165, 1.54) is 31.5 Å². The van der Waals surface area contributed by atoms with Crippen LogP contribution in [0.5, 0.6) is 0 Å². The highest BCUT2D eigenvalue weighted by Crippen LogP contribution is 2.32. The molecule has 1 saturated heterocycles. The minimum Gasteiger partial charge on any atom is -0.330 e. The second kappa shape index (κ2) is 5.65. The molecule has 2 nitrogen and oxygen atoms in total. The lowest BCUT2D eigenvalue weighted by atomic mass is 9.83. The van der Waals surface area contributed by atoms with Gasteiger partial charge in [-0.05, 0) is 62.5 Å². The third-order valence-corrected chi connectivity index (χ3v) is 4.04. The second-order valence-corrected chi connectivity index (χ2v) is 5.34. The van der Waals surface area contributed by atoms with E-state index in [9.17, 15) is 0 Å². The molecule has 1 atom stereocenters. The first-order chi connectivity index (χ1) is 8.22. The van der Waals surface area contributed by atoms with Crippen molar-refractivity contribution in [2.75, 3.05) is 26.7 Å². The zero-order chi connectivity index (χ0) is 12.3. The van der Waals surface area contributed by atoms with Gasteiger partial charge in [0.15, 0.2) is 0 Å². The van der Waals surface area contributed by atoms with Crippen LogP contribution in [0.4, 0.5) is 0 Å². The van der Waals surface area contributed by atoms with Gasteiger partial charge in [0, 0.05) is 0 Å². The van der Waals surface area contributed by atoms with Gasteiger partial charge in [0.1, 0.15) is 0 Å². The molecule has 0 saturated carbocycles. The molecule has 1 heterocycles. The average Bonchev–Trinajstić information content (AvgIpc) is 2.39. The largest absolute Gasteiger partial charge is 0.330 e. The van der Waals surface area contributed by atoms with E-state index in [-0.39, 0.29) is 0 Å². The SMILES string of the molecule is CC(CN)c1ccccc1C1CCN(C)CC1. The first-order valence-corrected chi connectivity index (χ1v) is 6.69. The van der Waals surface area contributed by atoms with E-state index < -0.39 is 0 Å². The molecular formula is C15H24N2. The summed E-state index contributed by atoms with van der Waals surface area (Å²) in [6.45, 7) is 5.41. The fourth-order valence-electron chi connectivity index (χ4n) is 2.78. The fourth-order valence-corrected chi connectivity index (χ4v) is 2.78. The summed E-state index contributed by atoms with van der Waals surface area (Å²) in [5.74, 6) is 1.21. The van der Waals surface area contributed by atoms with Gasteiger partial charge in [0.2, 0.25) is 0 Å². The molecule has 1 aliphatic rings. The van der Waals surface area contributed by atoms with E-state index in [1.807, 2.05) is 0 Å². The zero-order valence-electron chi connectivity index (χ0n) is 11.0. The molecule has 0 spiro atoms. The highest BCUT2D eigenvalue weighted by molar-refractivity contribution is 5.33. The monoisotopic (exact) mass is 232 g/mol. The summed E-state index contributed by atoms with van der Waals surface area (Å²) in [4.78, 5) is 2.42. The molecule has 0 aromatic heterocycles. The van der Waals surface area contributed by atoms with Gasteiger partial charge in [-0.15, -0.1) is 0 Å². The van der Waals surface area contributed by atoms with Crippen LogP contribution in [-0.2, 0) is 0 Å². The third-order valence-electron chi connectivity index (χ3n) is 4.04. The van der Waals surface area contributed by atoms with Crippen molar-refractivity contribution in [3.63, 3.8) is 0 Å². The van der Waals surface area contributed by atoms with Crippen molar-refractivity contribution < 1.29 is 0 Å². The Morgan fingerprint density at radius 1 is 1.29 bits per heavy atom. The van der Waals surface area contributed by atoms with Crippen LogP contribution >= 0.6 is 0 Å². The molecule has 2 rings (SSSR count). The third kappa shape index (κ3) is 2.88. The van der Waals surface area contributed by atoms with Gasteiger partial charge in [-0.3, -0.25) is 0 Å². The van der Waals surface area contributed by atoms with Crippen LogP contribution in [0, 0.1) is 0 Å². The van der Waals surface area contributed by atoms with E-state index in [4.69, 9.17) is 5.73 Å². The Balaban J connectivity index is 2.19. The van der Waals surface area contributed by atoms with Crippen molar-refractivity contribution in [3.8, 4) is 0 Å². The Hall–Kier alpha value is -0.860. The van der Waals surface area contributed by atoms with E-state index in [2.05, 4.69) is 43.1 Å². The maximum absolute atomic E-state index is 5.82. The topological polar surface area (TPSA) is 29.3 Å². The first kappa shape index (κ1) is 12.6. The van der Waals surface area contributed by atoms with E-state index >= 15 is 0 Å². The van der Waals surface area contributed by atoms with Crippen LogP contribution in [0.25, 0.3) is 0 Å². The Morgan fingerprint density at radius 2 is 1.94 bits per heavy atom. The predicted molar refractivity (Wildman–Crippen MR) is 73.4 cm³/mol. The van der Waals surface area contributed by atoms with Crippen molar-refractivity contribution >= 4 is 0 Å². The average molecular weight is 232 g/mol. The van der Waals surface area contributed by atoms with Crippen molar-refractivity contribution in [3.05, 3.63) is 35.4 Å². The molecule has 1 aromatic rings. The number of nitrogens with two attached hydrogens (primary N) is 1. The van der Waals surface area contributed by atoms with Gasteiger partial charge in [0.25, 0.3) is 0 Å². The van der Waals surface area contributed by atoms with Crippen molar-refractivity contribution in [1.29, 1.82) is 0 Å². The van der Waals surface area contributed by atoms with Gasteiger partial charge in [-0.1, -0.05) is 31.2 Å². The second-order valence-electron chi connectivity index (χ2n) is 5.34. The van der Waals surface area contributed by atoms with Gasteiger partial charge >= 0.3 is 0 Å². The minimum atomic E-state index is 0.478. The Kier molecular flexibility index (Phi) is 4.19. The molecule has 1 unspecified atom stereocenters. The first-order valence-electron chi connectivity index (χ1n) is 6.69. The van der Waals surface area contributed by atoms with Crippen LogP contribution in [0.15, 0.2) is 24.3 Å². The number of hydrogen-bond donors (Lipinski definition) is 1. The smallest absolute Gasteiger partial charge is 0.00108 e. The summed E-state index contributed by atoms with van der Waals surface area (Å²) in [5, 5.41) is 0. The maximum atomic E-state index is 5.82. The number of nitrogens with zero attached hydrogens (tertiary/aromatic N) is 1. The van der Waals surface area contributed by atoms with Gasteiger partial charge in [0.05, 0.1) is 0 Å². The maximum Gasteiger partial charge on any atom is -0.00108 e. The van der Waals surface area contributed by atoms with Crippen LogP contribution in [0.3, 0.4) is 0 Å². The lowest BCUT2D eigenvalue weighted by molar-refractivity contribution is 0.254. The lowest BCUT2D eigenvalue weighted by Gasteiger charge is -2.31. The van der Waals surface area contributed by atoms with Gasteiger partial charge in [-0.2, -0.15) is 0 Å². The molecule has 2 N–H and O–H groups in total. The summed E-state index contributed by atoms with van der Waals surface area (Å²) in [5.41, 5.74) is 8.82. The van der Waals surface area contributed by atoms with Crippen LogP contribution in [0.1, 0.15) is 42.7 Å². The number of likely N-dealkylation sites (tertiary alicyclic amines) is 1. The van der Waals surface area contributed by atoms with Gasteiger partial charge < -0.3 is 10.6 Å². The summed E-state index contributed by atoms with van der Waals surface area (Å²) in [6.07, 6.45) is 2.57. The normalized spacial score (nSPS) is 20.4. The van der Waals surface area contributed by atoms with E-state index in [0.717, 1.165) is 12.5 Å². The molecule has 17 heavy (non-hydrogen) atoms. The summed E-state index contributed by atoms with van der Waals surface area (Å²) in [6, 6.07) is 8.86. The molecule has 0 amide bonds. The van der Waals surface area contributed by atoms with E-state index in [1.54, 1.807) is 5.56 Å². The summed E-state index contributed by atoms with van der Waals surface area (Å²) >= 11 is 0. The highest BCUT2D eigenvalue weighted by Gasteiger charge is 2.21. The summed E-state index contributed by atoms with van der Waals surface area (Å²) < 4.78 is 0. The molecule has 94 valence electrons. The standard InChI is InChI=1S/C15H24N2/c1-12(11-16)14-5-3-4-6-15(14)13-7-9-17(2)10-8-13/h3-6,12-13H,7-11,16H2,1-2H3. The number of rotatable bonds is 3. The predicted octanol–water partition coefficient (Wildman–Crippen LogP) is 2.56. The molecular weight excluding hydrogens is 208 g/mol. The Bertz CT molecular complexity index is 354.